The molecule has 0 fully saturated rings. The number of ether oxygens (including phenoxy) is 1. The van der Waals surface area contributed by atoms with E-state index in [1.165, 1.54) is 5.56 Å². The molecule has 3 heteroatoms. The van der Waals surface area contributed by atoms with Crippen LogP contribution in [0.15, 0.2) is 24.3 Å². The number of aliphatic hydroxyl groups is 1. The number of rotatable bonds is 6. The van der Waals surface area contributed by atoms with Gasteiger partial charge in [0, 0.05) is 12.1 Å². The predicted octanol–water partition coefficient (Wildman–Crippen LogP) is 2.51. The maximum Gasteiger partial charge on any atom is 0.118 e. The minimum atomic E-state index is -0.263. The number of aliphatic hydroxyl groups excluding tert-OH is 1. The van der Waals surface area contributed by atoms with E-state index in [4.69, 9.17) is 4.74 Å². The summed E-state index contributed by atoms with van der Waals surface area (Å²) >= 11 is 0. The summed E-state index contributed by atoms with van der Waals surface area (Å²) in [4.78, 5) is 0. The molecule has 0 spiro atoms. The maximum absolute atomic E-state index is 9.32. The van der Waals surface area contributed by atoms with Crippen LogP contribution in [0, 0.1) is 0 Å². The Morgan fingerprint density at radius 3 is 2.24 bits per heavy atom. The number of hydrogen-bond donors (Lipinski definition) is 2. The summed E-state index contributed by atoms with van der Waals surface area (Å²) in [6.07, 6.45) is 0.501. The molecule has 0 aliphatic carbocycles. The first-order valence-corrected chi connectivity index (χ1v) is 6.11. The predicted molar refractivity (Wildman–Crippen MR) is 70.3 cm³/mol. The van der Waals surface area contributed by atoms with Crippen molar-refractivity contribution in [3.63, 3.8) is 0 Å². The molecule has 0 amide bonds. The zero-order valence-electron chi connectivity index (χ0n) is 11.1. The highest BCUT2D eigenvalue weighted by atomic mass is 16.5. The summed E-state index contributed by atoms with van der Waals surface area (Å²) in [5.41, 5.74) is 1.23. The number of nitrogens with one attached hydrogen (secondary N) is 1. The smallest absolute Gasteiger partial charge is 0.118 e. The minimum Gasteiger partial charge on any atom is -0.497 e. The molecule has 3 nitrogen and oxygen atoms in total. The fourth-order valence-electron chi connectivity index (χ4n) is 2.00. The quantitative estimate of drug-likeness (QED) is 0.798. The van der Waals surface area contributed by atoms with Crippen LogP contribution in [0.4, 0.5) is 0 Å². The van der Waals surface area contributed by atoms with Gasteiger partial charge in [0.15, 0.2) is 0 Å². The van der Waals surface area contributed by atoms with Crippen LogP contribution in [-0.4, -0.2) is 24.4 Å². The molecule has 96 valence electrons. The zero-order valence-corrected chi connectivity index (χ0v) is 11.1. The van der Waals surface area contributed by atoms with Crippen molar-refractivity contribution < 1.29 is 9.84 Å². The standard InChI is InChI=1S/C14H23NO2/c1-10(9-11(2)16)15-12(3)13-5-7-14(17-4)8-6-13/h5-8,10-12,15-16H,9H2,1-4H3. The third kappa shape index (κ3) is 4.75. The van der Waals surface area contributed by atoms with Crippen LogP contribution in [0.25, 0.3) is 0 Å². The average Bonchev–Trinajstić information content (AvgIpc) is 2.28. The van der Waals surface area contributed by atoms with Gasteiger partial charge < -0.3 is 15.2 Å². The summed E-state index contributed by atoms with van der Waals surface area (Å²) in [6, 6.07) is 8.62. The Labute approximate surface area is 104 Å². The summed E-state index contributed by atoms with van der Waals surface area (Å²) in [7, 11) is 1.67. The van der Waals surface area contributed by atoms with Crippen molar-refractivity contribution in [2.24, 2.45) is 0 Å². The molecule has 0 heterocycles. The highest BCUT2D eigenvalue weighted by Gasteiger charge is 2.11. The first-order valence-electron chi connectivity index (χ1n) is 6.11. The third-order valence-electron chi connectivity index (χ3n) is 2.84. The molecule has 2 N–H and O–H groups in total. The van der Waals surface area contributed by atoms with Crippen LogP contribution < -0.4 is 10.1 Å². The normalized spacial score (nSPS) is 16.3. The van der Waals surface area contributed by atoms with E-state index >= 15 is 0 Å². The molecule has 0 saturated heterocycles. The van der Waals surface area contributed by atoms with E-state index < -0.39 is 0 Å². The van der Waals surface area contributed by atoms with Gasteiger partial charge in [-0.25, -0.2) is 0 Å². The molecule has 0 aliphatic rings. The van der Waals surface area contributed by atoms with Gasteiger partial charge in [-0.2, -0.15) is 0 Å². The Morgan fingerprint density at radius 1 is 1.18 bits per heavy atom. The topological polar surface area (TPSA) is 41.5 Å². The highest BCUT2D eigenvalue weighted by Crippen LogP contribution is 2.18. The van der Waals surface area contributed by atoms with E-state index in [0.717, 1.165) is 12.2 Å². The summed E-state index contributed by atoms with van der Waals surface area (Å²) < 4.78 is 5.13. The molecular weight excluding hydrogens is 214 g/mol. The molecule has 1 aromatic carbocycles. The monoisotopic (exact) mass is 237 g/mol. The van der Waals surface area contributed by atoms with Gasteiger partial charge in [-0.15, -0.1) is 0 Å². The van der Waals surface area contributed by atoms with Crippen LogP contribution in [-0.2, 0) is 0 Å². The van der Waals surface area contributed by atoms with Crippen molar-refractivity contribution in [3.05, 3.63) is 29.8 Å². The Balaban J connectivity index is 2.53. The zero-order chi connectivity index (χ0) is 12.8. The molecule has 0 bridgehead atoms. The van der Waals surface area contributed by atoms with Gasteiger partial charge in [-0.3, -0.25) is 0 Å². The first kappa shape index (κ1) is 14.0. The van der Waals surface area contributed by atoms with Crippen LogP contribution in [0.3, 0.4) is 0 Å². The SMILES string of the molecule is COc1ccc(C(C)NC(C)CC(C)O)cc1. The number of benzene rings is 1. The van der Waals surface area contributed by atoms with E-state index in [1.807, 2.05) is 19.1 Å². The first-order chi connectivity index (χ1) is 8.02. The Kier molecular flexibility index (Phi) is 5.45. The fourth-order valence-corrected chi connectivity index (χ4v) is 2.00. The van der Waals surface area contributed by atoms with Crippen LogP contribution in [0.2, 0.25) is 0 Å². The third-order valence-corrected chi connectivity index (χ3v) is 2.84. The van der Waals surface area contributed by atoms with Crippen molar-refractivity contribution in [1.82, 2.24) is 5.32 Å². The van der Waals surface area contributed by atoms with Gasteiger partial charge in [0.05, 0.1) is 13.2 Å². The summed E-state index contributed by atoms with van der Waals surface area (Å²) in [5.74, 6) is 0.873. The summed E-state index contributed by atoms with van der Waals surface area (Å²) in [6.45, 7) is 6.03. The molecule has 17 heavy (non-hydrogen) atoms. The fraction of sp³-hybridized carbons (Fsp3) is 0.571. The Morgan fingerprint density at radius 2 is 1.76 bits per heavy atom. The van der Waals surface area contributed by atoms with Gasteiger partial charge in [0.2, 0.25) is 0 Å². The maximum atomic E-state index is 9.32. The molecule has 3 atom stereocenters. The largest absolute Gasteiger partial charge is 0.497 e. The van der Waals surface area contributed by atoms with E-state index in [0.29, 0.717) is 6.04 Å². The minimum absolute atomic E-state index is 0.263. The van der Waals surface area contributed by atoms with Crippen molar-refractivity contribution in [2.45, 2.75) is 45.4 Å². The van der Waals surface area contributed by atoms with E-state index in [9.17, 15) is 5.11 Å². The lowest BCUT2D eigenvalue weighted by molar-refractivity contribution is 0.168. The second kappa shape index (κ2) is 6.62. The second-order valence-electron chi connectivity index (χ2n) is 4.65. The lowest BCUT2D eigenvalue weighted by Gasteiger charge is -2.21. The van der Waals surface area contributed by atoms with E-state index in [2.05, 4.69) is 31.3 Å². The Bertz CT molecular complexity index is 321. The average molecular weight is 237 g/mol. The highest BCUT2D eigenvalue weighted by molar-refractivity contribution is 5.28. The molecule has 1 rings (SSSR count). The van der Waals surface area contributed by atoms with Gasteiger partial charge in [0.1, 0.15) is 5.75 Å². The lowest BCUT2D eigenvalue weighted by atomic mass is 10.1. The van der Waals surface area contributed by atoms with Gasteiger partial charge in [-0.05, 0) is 44.9 Å². The molecule has 0 saturated carbocycles. The van der Waals surface area contributed by atoms with Gasteiger partial charge >= 0.3 is 0 Å². The molecule has 3 unspecified atom stereocenters. The van der Waals surface area contributed by atoms with Crippen molar-refractivity contribution in [2.75, 3.05) is 7.11 Å². The molecule has 0 aromatic heterocycles. The molecular formula is C14H23NO2. The van der Waals surface area contributed by atoms with Crippen molar-refractivity contribution in [1.29, 1.82) is 0 Å². The second-order valence-corrected chi connectivity index (χ2v) is 4.65. The van der Waals surface area contributed by atoms with E-state index in [-0.39, 0.29) is 12.1 Å². The number of hydrogen-bond acceptors (Lipinski definition) is 3. The van der Waals surface area contributed by atoms with Crippen molar-refractivity contribution >= 4 is 0 Å². The van der Waals surface area contributed by atoms with E-state index in [1.54, 1.807) is 7.11 Å². The molecule has 0 radical (unpaired) electrons. The Hall–Kier alpha value is -1.06. The van der Waals surface area contributed by atoms with Crippen LogP contribution in [0.5, 0.6) is 5.75 Å². The molecule has 1 aromatic rings. The molecule has 0 aliphatic heterocycles. The lowest BCUT2D eigenvalue weighted by Crippen LogP contribution is -2.31. The van der Waals surface area contributed by atoms with Crippen LogP contribution in [0.1, 0.15) is 38.8 Å². The van der Waals surface area contributed by atoms with Crippen molar-refractivity contribution in [3.8, 4) is 5.75 Å². The summed E-state index contributed by atoms with van der Waals surface area (Å²) in [5, 5.41) is 12.8. The van der Waals surface area contributed by atoms with Gasteiger partial charge in [-0.1, -0.05) is 12.1 Å². The number of methoxy groups -OCH3 is 1. The van der Waals surface area contributed by atoms with Gasteiger partial charge in [0.25, 0.3) is 0 Å². The van der Waals surface area contributed by atoms with Crippen LogP contribution >= 0.6 is 0 Å².